The highest BCUT2D eigenvalue weighted by Crippen LogP contribution is 1.97. The molecule has 1 aliphatic heterocycles. The number of aromatic nitrogens is 2. The molecule has 9 heteroatoms. The van der Waals surface area contributed by atoms with Crippen molar-refractivity contribution in [1.82, 2.24) is 25.1 Å². The molecule has 0 spiro atoms. The summed E-state index contributed by atoms with van der Waals surface area (Å²) in [5, 5.41) is 6.86. The lowest BCUT2D eigenvalue weighted by Crippen LogP contribution is -2.45. The van der Waals surface area contributed by atoms with Crippen LogP contribution in [0.2, 0.25) is 0 Å². The minimum Gasteiger partial charge on any atom is -0.340 e. The number of sulfonamides is 1. The molecule has 108 valence electrons. The molecular formula is C10H19N5O3S. The summed E-state index contributed by atoms with van der Waals surface area (Å²) in [4.78, 5) is 6.07. The maximum absolute atomic E-state index is 11.8. The van der Waals surface area contributed by atoms with Crippen molar-refractivity contribution in [3.05, 3.63) is 11.7 Å². The van der Waals surface area contributed by atoms with Gasteiger partial charge >= 0.3 is 0 Å². The highest BCUT2D eigenvalue weighted by molar-refractivity contribution is 7.89. The van der Waals surface area contributed by atoms with Gasteiger partial charge in [-0.1, -0.05) is 5.16 Å². The second-order valence-corrected chi connectivity index (χ2v) is 6.39. The summed E-state index contributed by atoms with van der Waals surface area (Å²) in [6, 6.07) is 0. The Bertz CT molecular complexity index is 495. The maximum atomic E-state index is 11.8. The third-order valence-corrected chi connectivity index (χ3v) is 4.21. The first-order valence-electron chi connectivity index (χ1n) is 6.25. The Hall–Kier alpha value is -1.03. The fourth-order valence-corrected chi connectivity index (χ4v) is 2.84. The van der Waals surface area contributed by atoms with E-state index in [4.69, 9.17) is 4.52 Å². The van der Waals surface area contributed by atoms with E-state index in [9.17, 15) is 8.42 Å². The zero-order chi connectivity index (χ0) is 13.7. The molecule has 0 saturated carbocycles. The van der Waals surface area contributed by atoms with Gasteiger partial charge in [-0.05, 0) is 0 Å². The third kappa shape index (κ3) is 4.86. The number of aryl methyl sites for hydroxylation is 1. The van der Waals surface area contributed by atoms with E-state index in [2.05, 4.69) is 25.1 Å². The number of nitrogens with zero attached hydrogens (tertiary/aromatic N) is 3. The van der Waals surface area contributed by atoms with Gasteiger partial charge in [0.25, 0.3) is 0 Å². The number of piperazine rings is 1. The molecule has 1 aliphatic rings. The van der Waals surface area contributed by atoms with E-state index in [0.29, 0.717) is 18.3 Å². The van der Waals surface area contributed by atoms with Gasteiger partial charge in [-0.15, -0.1) is 0 Å². The van der Waals surface area contributed by atoms with Crippen molar-refractivity contribution in [1.29, 1.82) is 0 Å². The van der Waals surface area contributed by atoms with Crippen molar-refractivity contribution in [2.45, 2.75) is 13.5 Å². The average molecular weight is 289 g/mol. The molecule has 2 rings (SSSR count). The molecule has 0 aromatic carbocycles. The van der Waals surface area contributed by atoms with Crippen LogP contribution in [0, 0.1) is 6.92 Å². The second kappa shape index (κ2) is 6.42. The molecule has 1 aromatic heterocycles. The van der Waals surface area contributed by atoms with Gasteiger partial charge in [0, 0.05) is 39.6 Å². The van der Waals surface area contributed by atoms with Gasteiger partial charge < -0.3 is 9.84 Å². The van der Waals surface area contributed by atoms with Gasteiger partial charge in [-0.3, -0.25) is 4.90 Å². The lowest BCUT2D eigenvalue weighted by molar-refractivity contribution is 0.253. The first-order valence-corrected chi connectivity index (χ1v) is 7.90. The lowest BCUT2D eigenvalue weighted by atomic mass is 10.4. The standard InChI is InChI=1S/C10H19N5O3S/c1-9-13-10(14-18-9)8-12-19(16,17)7-6-15-4-2-11-3-5-15/h11-12H,2-8H2,1H3. The van der Waals surface area contributed by atoms with Crippen molar-refractivity contribution in [2.24, 2.45) is 0 Å². The summed E-state index contributed by atoms with van der Waals surface area (Å²) in [6.07, 6.45) is 0. The monoisotopic (exact) mass is 289 g/mol. The zero-order valence-corrected chi connectivity index (χ0v) is 11.7. The van der Waals surface area contributed by atoms with Gasteiger partial charge in [0.05, 0.1) is 12.3 Å². The summed E-state index contributed by atoms with van der Waals surface area (Å²) < 4.78 is 30.9. The van der Waals surface area contributed by atoms with Crippen LogP contribution in [-0.4, -0.2) is 61.9 Å². The van der Waals surface area contributed by atoms with E-state index < -0.39 is 10.0 Å². The Balaban J connectivity index is 1.75. The van der Waals surface area contributed by atoms with Crippen molar-refractivity contribution < 1.29 is 12.9 Å². The Morgan fingerprint density at radius 3 is 2.79 bits per heavy atom. The molecule has 0 amide bonds. The third-order valence-electron chi connectivity index (χ3n) is 2.91. The average Bonchev–Trinajstić information content (AvgIpc) is 2.82. The van der Waals surface area contributed by atoms with Crippen molar-refractivity contribution in [3.63, 3.8) is 0 Å². The zero-order valence-electron chi connectivity index (χ0n) is 10.9. The van der Waals surface area contributed by atoms with Crippen LogP contribution in [0.1, 0.15) is 11.7 Å². The van der Waals surface area contributed by atoms with Crippen LogP contribution in [0.25, 0.3) is 0 Å². The lowest BCUT2D eigenvalue weighted by Gasteiger charge is -2.26. The van der Waals surface area contributed by atoms with E-state index in [-0.39, 0.29) is 12.3 Å². The fraction of sp³-hybridized carbons (Fsp3) is 0.800. The van der Waals surface area contributed by atoms with Gasteiger partial charge in [0.15, 0.2) is 5.82 Å². The molecule has 2 N–H and O–H groups in total. The van der Waals surface area contributed by atoms with Gasteiger partial charge in [-0.25, -0.2) is 13.1 Å². The second-order valence-electron chi connectivity index (χ2n) is 4.46. The highest BCUT2D eigenvalue weighted by Gasteiger charge is 2.16. The minimum atomic E-state index is -3.30. The molecule has 0 aliphatic carbocycles. The summed E-state index contributed by atoms with van der Waals surface area (Å²) in [5.74, 6) is 0.863. The van der Waals surface area contributed by atoms with E-state index in [0.717, 1.165) is 26.2 Å². The fourth-order valence-electron chi connectivity index (χ4n) is 1.84. The van der Waals surface area contributed by atoms with Crippen molar-refractivity contribution >= 4 is 10.0 Å². The molecule has 0 atom stereocenters. The first kappa shape index (κ1) is 14.4. The van der Waals surface area contributed by atoms with Gasteiger partial charge in [-0.2, -0.15) is 4.98 Å². The first-order chi connectivity index (χ1) is 9.05. The Labute approximate surface area is 112 Å². The molecule has 8 nitrogen and oxygen atoms in total. The molecular weight excluding hydrogens is 270 g/mol. The van der Waals surface area contributed by atoms with Gasteiger partial charge in [0.2, 0.25) is 15.9 Å². The molecule has 0 unspecified atom stereocenters. The quantitative estimate of drug-likeness (QED) is 0.671. The molecule has 0 radical (unpaired) electrons. The maximum Gasteiger partial charge on any atom is 0.223 e. The van der Waals surface area contributed by atoms with Gasteiger partial charge in [0.1, 0.15) is 0 Å². The molecule has 1 fully saturated rings. The number of hydrogen-bond donors (Lipinski definition) is 2. The summed E-state index contributed by atoms with van der Waals surface area (Å²) in [6.45, 7) is 5.88. The highest BCUT2D eigenvalue weighted by atomic mass is 32.2. The van der Waals surface area contributed by atoms with Crippen molar-refractivity contribution in [2.75, 3.05) is 38.5 Å². The minimum absolute atomic E-state index is 0.0707. The largest absolute Gasteiger partial charge is 0.340 e. The number of rotatable bonds is 6. The normalized spacial score (nSPS) is 17.7. The SMILES string of the molecule is Cc1nc(CNS(=O)(=O)CCN2CCNCC2)no1. The van der Waals surface area contributed by atoms with Crippen LogP contribution >= 0.6 is 0 Å². The topological polar surface area (TPSA) is 100 Å². The molecule has 0 bridgehead atoms. The predicted molar refractivity (Wildman–Crippen MR) is 69.0 cm³/mol. The Morgan fingerprint density at radius 2 is 2.16 bits per heavy atom. The smallest absolute Gasteiger partial charge is 0.223 e. The van der Waals surface area contributed by atoms with Crippen LogP contribution in [-0.2, 0) is 16.6 Å². The Morgan fingerprint density at radius 1 is 1.42 bits per heavy atom. The summed E-state index contributed by atoms with van der Waals surface area (Å²) in [5.41, 5.74) is 0. The number of hydrogen-bond acceptors (Lipinski definition) is 7. The van der Waals surface area contributed by atoms with E-state index in [1.54, 1.807) is 6.92 Å². The van der Waals surface area contributed by atoms with Crippen LogP contribution in [0.5, 0.6) is 0 Å². The molecule has 1 aromatic rings. The Kier molecular flexibility index (Phi) is 4.86. The van der Waals surface area contributed by atoms with E-state index in [1.807, 2.05) is 0 Å². The summed E-state index contributed by atoms with van der Waals surface area (Å²) >= 11 is 0. The van der Waals surface area contributed by atoms with Crippen LogP contribution in [0.4, 0.5) is 0 Å². The van der Waals surface area contributed by atoms with E-state index >= 15 is 0 Å². The van der Waals surface area contributed by atoms with E-state index in [1.165, 1.54) is 0 Å². The van der Waals surface area contributed by atoms with Crippen LogP contribution in [0.15, 0.2) is 4.52 Å². The number of nitrogens with one attached hydrogen (secondary N) is 2. The molecule has 2 heterocycles. The van der Waals surface area contributed by atoms with Crippen molar-refractivity contribution in [3.8, 4) is 0 Å². The predicted octanol–water partition coefficient (Wildman–Crippen LogP) is -1.30. The molecule has 1 saturated heterocycles. The molecule has 19 heavy (non-hydrogen) atoms. The van der Waals surface area contributed by atoms with Crippen LogP contribution < -0.4 is 10.0 Å². The van der Waals surface area contributed by atoms with Crippen LogP contribution in [0.3, 0.4) is 0 Å². The summed E-state index contributed by atoms with van der Waals surface area (Å²) in [7, 11) is -3.30.